The molecule has 0 spiro atoms. The number of aromatic nitrogens is 2. The normalized spacial score (nSPS) is 15.6. The molecule has 0 saturated heterocycles. The molecule has 1 saturated carbocycles. The van der Waals surface area contributed by atoms with E-state index in [4.69, 9.17) is 5.11 Å². The van der Waals surface area contributed by atoms with Crippen LogP contribution in [0.5, 0.6) is 0 Å². The van der Waals surface area contributed by atoms with Gasteiger partial charge in [-0.15, -0.1) is 0 Å². The smallest absolute Gasteiger partial charge is 0.323 e. The SMILES string of the molecule is O=C(O)CN(C(=O)c1cnccn1)C1CCCC1. The summed E-state index contributed by atoms with van der Waals surface area (Å²) in [4.78, 5) is 32.3. The van der Waals surface area contributed by atoms with Crippen molar-refractivity contribution >= 4 is 11.9 Å². The largest absolute Gasteiger partial charge is 0.480 e. The summed E-state index contributed by atoms with van der Waals surface area (Å²) in [5, 5.41) is 8.91. The van der Waals surface area contributed by atoms with Crippen LogP contribution in [-0.2, 0) is 4.79 Å². The highest BCUT2D eigenvalue weighted by Gasteiger charge is 2.29. The van der Waals surface area contributed by atoms with Gasteiger partial charge in [-0.25, -0.2) is 4.98 Å². The van der Waals surface area contributed by atoms with E-state index in [2.05, 4.69) is 9.97 Å². The molecule has 1 heterocycles. The molecule has 0 atom stereocenters. The summed E-state index contributed by atoms with van der Waals surface area (Å²) in [5.74, 6) is -1.35. The fourth-order valence-electron chi connectivity index (χ4n) is 2.29. The fourth-order valence-corrected chi connectivity index (χ4v) is 2.29. The Hall–Kier alpha value is -1.98. The number of carboxylic acid groups (broad SMARTS) is 1. The molecule has 0 aliphatic heterocycles. The first-order valence-corrected chi connectivity index (χ1v) is 5.97. The minimum atomic E-state index is -1.00. The molecule has 96 valence electrons. The number of carbonyl (C=O) groups is 2. The summed E-state index contributed by atoms with van der Waals surface area (Å²) >= 11 is 0. The van der Waals surface area contributed by atoms with Gasteiger partial charge in [0.25, 0.3) is 5.91 Å². The fraction of sp³-hybridized carbons (Fsp3) is 0.500. The van der Waals surface area contributed by atoms with E-state index in [1.165, 1.54) is 23.5 Å². The summed E-state index contributed by atoms with van der Waals surface area (Å²) in [6, 6.07) is 0.00982. The van der Waals surface area contributed by atoms with Crippen LogP contribution in [0, 0.1) is 0 Å². The predicted octanol–water partition coefficient (Wildman–Crippen LogP) is 0.946. The summed E-state index contributed by atoms with van der Waals surface area (Å²) in [6.07, 6.45) is 8.07. The average Bonchev–Trinajstić information content (AvgIpc) is 2.89. The molecular weight excluding hydrogens is 234 g/mol. The zero-order valence-electron chi connectivity index (χ0n) is 9.95. The third kappa shape index (κ3) is 2.82. The van der Waals surface area contributed by atoms with Crippen molar-refractivity contribution in [2.45, 2.75) is 31.7 Å². The second-order valence-electron chi connectivity index (χ2n) is 4.36. The Morgan fingerprint density at radius 1 is 1.33 bits per heavy atom. The number of aliphatic carboxylic acids is 1. The molecule has 6 nitrogen and oxygen atoms in total. The third-order valence-corrected chi connectivity index (χ3v) is 3.11. The van der Waals surface area contributed by atoms with Crippen LogP contribution in [0.25, 0.3) is 0 Å². The van der Waals surface area contributed by atoms with Crippen LogP contribution < -0.4 is 0 Å². The van der Waals surface area contributed by atoms with Crippen molar-refractivity contribution in [1.82, 2.24) is 14.9 Å². The van der Waals surface area contributed by atoms with Crippen molar-refractivity contribution < 1.29 is 14.7 Å². The van der Waals surface area contributed by atoms with Gasteiger partial charge in [-0.05, 0) is 12.8 Å². The van der Waals surface area contributed by atoms with E-state index in [-0.39, 0.29) is 24.2 Å². The Bertz CT molecular complexity index is 429. The molecular formula is C12H15N3O3. The molecule has 6 heteroatoms. The maximum Gasteiger partial charge on any atom is 0.323 e. The molecule has 1 N–H and O–H groups in total. The Kier molecular flexibility index (Phi) is 3.86. The lowest BCUT2D eigenvalue weighted by molar-refractivity contribution is -0.138. The molecule has 1 aromatic rings. The average molecular weight is 249 g/mol. The summed E-state index contributed by atoms with van der Waals surface area (Å²) in [5.41, 5.74) is 0.200. The standard InChI is InChI=1S/C12H15N3O3/c16-11(17)8-15(9-3-1-2-4-9)12(18)10-7-13-5-6-14-10/h5-7,9H,1-4,8H2,(H,16,17). The second kappa shape index (κ2) is 5.57. The number of carbonyl (C=O) groups excluding carboxylic acids is 1. The highest BCUT2D eigenvalue weighted by atomic mass is 16.4. The first kappa shape index (κ1) is 12.5. The molecule has 18 heavy (non-hydrogen) atoms. The Morgan fingerprint density at radius 3 is 2.61 bits per heavy atom. The number of hydrogen-bond donors (Lipinski definition) is 1. The van der Waals surface area contributed by atoms with Crippen LogP contribution in [0.3, 0.4) is 0 Å². The van der Waals surface area contributed by atoms with Gasteiger partial charge < -0.3 is 10.0 Å². The van der Waals surface area contributed by atoms with E-state index in [0.29, 0.717) is 0 Å². The van der Waals surface area contributed by atoms with Crippen LogP contribution in [-0.4, -0.2) is 44.4 Å². The van der Waals surface area contributed by atoms with Crippen LogP contribution in [0.15, 0.2) is 18.6 Å². The van der Waals surface area contributed by atoms with E-state index in [1.807, 2.05) is 0 Å². The Balaban J connectivity index is 2.17. The topological polar surface area (TPSA) is 83.4 Å². The number of amides is 1. The lowest BCUT2D eigenvalue weighted by Gasteiger charge is -2.26. The number of hydrogen-bond acceptors (Lipinski definition) is 4. The Morgan fingerprint density at radius 2 is 2.06 bits per heavy atom. The van der Waals surface area contributed by atoms with Crippen molar-refractivity contribution in [2.75, 3.05) is 6.54 Å². The van der Waals surface area contributed by atoms with Crippen LogP contribution in [0.4, 0.5) is 0 Å². The lowest BCUT2D eigenvalue weighted by Crippen LogP contribution is -2.42. The predicted molar refractivity (Wildman–Crippen MR) is 63.0 cm³/mol. The van der Waals surface area contributed by atoms with Gasteiger partial charge in [-0.3, -0.25) is 14.6 Å². The maximum absolute atomic E-state index is 12.2. The van der Waals surface area contributed by atoms with Gasteiger partial charge >= 0.3 is 5.97 Å². The van der Waals surface area contributed by atoms with Crippen LogP contribution >= 0.6 is 0 Å². The van der Waals surface area contributed by atoms with E-state index in [0.717, 1.165) is 25.7 Å². The molecule has 0 radical (unpaired) electrons. The number of rotatable bonds is 4. The van der Waals surface area contributed by atoms with E-state index in [9.17, 15) is 9.59 Å². The highest BCUT2D eigenvalue weighted by Crippen LogP contribution is 2.24. The van der Waals surface area contributed by atoms with Gasteiger partial charge in [0.1, 0.15) is 12.2 Å². The quantitative estimate of drug-likeness (QED) is 0.858. The zero-order chi connectivity index (χ0) is 13.0. The van der Waals surface area contributed by atoms with Crippen LogP contribution in [0.1, 0.15) is 36.2 Å². The van der Waals surface area contributed by atoms with Gasteiger partial charge in [0.05, 0.1) is 6.20 Å². The molecule has 1 aliphatic carbocycles. The molecule has 0 unspecified atom stereocenters. The summed E-state index contributed by atoms with van der Waals surface area (Å²) < 4.78 is 0. The molecule has 0 aromatic carbocycles. The number of carboxylic acids is 1. The third-order valence-electron chi connectivity index (χ3n) is 3.11. The molecule has 0 bridgehead atoms. The minimum Gasteiger partial charge on any atom is -0.480 e. The van der Waals surface area contributed by atoms with Gasteiger partial charge in [0, 0.05) is 18.4 Å². The minimum absolute atomic E-state index is 0.00982. The Labute approximate surface area is 105 Å². The van der Waals surface area contributed by atoms with E-state index in [1.54, 1.807) is 0 Å². The molecule has 2 rings (SSSR count). The van der Waals surface area contributed by atoms with Crippen molar-refractivity contribution in [2.24, 2.45) is 0 Å². The van der Waals surface area contributed by atoms with Crippen molar-refractivity contribution in [3.05, 3.63) is 24.3 Å². The van der Waals surface area contributed by atoms with Crippen molar-refractivity contribution in [3.63, 3.8) is 0 Å². The van der Waals surface area contributed by atoms with E-state index < -0.39 is 5.97 Å². The lowest BCUT2D eigenvalue weighted by atomic mass is 10.2. The monoisotopic (exact) mass is 249 g/mol. The first-order chi connectivity index (χ1) is 8.68. The molecule has 1 fully saturated rings. The van der Waals surface area contributed by atoms with Crippen molar-refractivity contribution in [3.8, 4) is 0 Å². The summed E-state index contributed by atoms with van der Waals surface area (Å²) in [7, 11) is 0. The van der Waals surface area contributed by atoms with Gasteiger partial charge in [0.15, 0.2) is 0 Å². The summed E-state index contributed by atoms with van der Waals surface area (Å²) in [6.45, 7) is -0.278. The maximum atomic E-state index is 12.2. The molecule has 1 aromatic heterocycles. The van der Waals surface area contributed by atoms with Crippen LogP contribution in [0.2, 0.25) is 0 Å². The molecule has 1 aliphatic rings. The first-order valence-electron chi connectivity index (χ1n) is 5.97. The van der Waals surface area contributed by atoms with Gasteiger partial charge in [-0.2, -0.15) is 0 Å². The second-order valence-corrected chi connectivity index (χ2v) is 4.36. The van der Waals surface area contributed by atoms with E-state index >= 15 is 0 Å². The number of nitrogens with zero attached hydrogens (tertiary/aromatic N) is 3. The van der Waals surface area contributed by atoms with Crippen molar-refractivity contribution in [1.29, 1.82) is 0 Å². The van der Waals surface area contributed by atoms with Gasteiger partial charge in [-0.1, -0.05) is 12.8 Å². The zero-order valence-corrected chi connectivity index (χ0v) is 9.95. The van der Waals surface area contributed by atoms with Gasteiger partial charge in [0.2, 0.25) is 0 Å². The molecule has 1 amide bonds. The highest BCUT2D eigenvalue weighted by molar-refractivity contribution is 5.94.